The number of hydrogen-bond donors (Lipinski definition) is 1. The summed E-state index contributed by atoms with van der Waals surface area (Å²) >= 11 is 6.76. The minimum Gasteiger partial charge on any atom is -0.454 e. The molecular formula is C16H14Br2FNO. The van der Waals surface area contributed by atoms with E-state index in [0.29, 0.717) is 11.8 Å². The zero-order chi connectivity index (χ0) is 14.8. The lowest BCUT2D eigenvalue weighted by Gasteiger charge is -2.13. The molecule has 3 rings (SSSR count). The van der Waals surface area contributed by atoms with Gasteiger partial charge < -0.3 is 10.1 Å². The highest BCUT2D eigenvalue weighted by atomic mass is 79.9. The largest absolute Gasteiger partial charge is 0.454 e. The third-order valence-electron chi connectivity index (χ3n) is 3.30. The second-order valence-electron chi connectivity index (χ2n) is 5.08. The Kier molecular flexibility index (Phi) is 4.62. The van der Waals surface area contributed by atoms with E-state index in [0.717, 1.165) is 21.1 Å². The topological polar surface area (TPSA) is 21.3 Å². The van der Waals surface area contributed by atoms with Crippen LogP contribution in [0.1, 0.15) is 18.4 Å². The molecule has 2 aromatic carbocycles. The van der Waals surface area contributed by atoms with Gasteiger partial charge in [-0.3, -0.25) is 0 Å². The summed E-state index contributed by atoms with van der Waals surface area (Å²) in [6.07, 6.45) is 2.46. The first-order chi connectivity index (χ1) is 10.1. The Hall–Kier alpha value is -0.910. The first kappa shape index (κ1) is 15.0. The molecule has 1 N–H and O–H groups in total. The molecule has 0 amide bonds. The molecule has 1 saturated carbocycles. The van der Waals surface area contributed by atoms with E-state index in [-0.39, 0.29) is 11.6 Å². The average Bonchev–Trinajstić information content (AvgIpc) is 3.26. The molecule has 1 aliphatic carbocycles. The van der Waals surface area contributed by atoms with E-state index in [1.54, 1.807) is 12.1 Å². The molecule has 0 unspecified atom stereocenters. The smallest absolute Gasteiger partial charge is 0.165 e. The molecule has 1 aliphatic rings. The van der Waals surface area contributed by atoms with Crippen LogP contribution >= 0.6 is 31.9 Å². The van der Waals surface area contributed by atoms with Crippen molar-refractivity contribution in [3.8, 4) is 11.5 Å². The van der Waals surface area contributed by atoms with Crippen molar-refractivity contribution in [3.63, 3.8) is 0 Å². The number of halogens is 3. The molecule has 110 valence electrons. The van der Waals surface area contributed by atoms with E-state index in [1.165, 1.54) is 18.9 Å². The zero-order valence-corrected chi connectivity index (χ0v) is 14.4. The van der Waals surface area contributed by atoms with Gasteiger partial charge in [-0.25, -0.2) is 4.39 Å². The molecule has 21 heavy (non-hydrogen) atoms. The Labute approximate surface area is 140 Å². The molecule has 0 spiro atoms. The summed E-state index contributed by atoms with van der Waals surface area (Å²) in [4.78, 5) is 0. The standard InChI is InChI=1S/C16H14Br2FNO/c17-11-2-1-10(9-20-13-4-5-13)15(7-11)21-16-8-12(18)3-6-14(16)19/h1-3,6-8,13,20H,4-5,9H2. The third-order valence-corrected chi connectivity index (χ3v) is 4.29. The van der Waals surface area contributed by atoms with Crippen molar-refractivity contribution >= 4 is 31.9 Å². The molecule has 1 fully saturated rings. The van der Waals surface area contributed by atoms with Gasteiger partial charge in [-0.05, 0) is 43.2 Å². The summed E-state index contributed by atoms with van der Waals surface area (Å²) in [5, 5.41) is 3.45. The summed E-state index contributed by atoms with van der Waals surface area (Å²) in [5.74, 6) is 0.504. The van der Waals surface area contributed by atoms with Crippen LogP contribution in [0.25, 0.3) is 0 Å². The quantitative estimate of drug-likeness (QED) is 0.707. The molecule has 2 aromatic rings. The van der Waals surface area contributed by atoms with Crippen LogP contribution in [0.5, 0.6) is 11.5 Å². The van der Waals surface area contributed by atoms with Crippen LogP contribution in [0, 0.1) is 5.82 Å². The van der Waals surface area contributed by atoms with E-state index < -0.39 is 0 Å². The Morgan fingerprint density at radius 2 is 1.71 bits per heavy atom. The van der Waals surface area contributed by atoms with Gasteiger partial charge in [-0.1, -0.05) is 37.9 Å². The predicted molar refractivity (Wildman–Crippen MR) is 88.2 cm³/mol. The van der Waals surface area contributed by atoms with Crippen molar-refractivity contribution in [2.45, 2.75) is 25.4 Å². The Morgan fingerprint density at radius 3 is 2.43 bits per heavy atom. The number of rotatable bonds is 5. The van der Waals surface area contributed by atoms with E-state index in [1.807, 2.05) is 18.2 Å². The van der Waals surface area contributed by atoms with E-state index in [2.05, 4.69) is 37.2 Å². The van der Waals surface area contributed by atoms with Crippen LogP contribution in [-0.2, 0) is 6.54 Å². The number of nitrogens with one attached hydrogen (secondary N) is 1. The van der Waals surface area contributed by atoms with Gasteiger partial charge >= 0.3 is 0 Å². The molecule has 0 atom stereocenters. The molecule has 0 saturated heterocycles. The van der Waals surface area contributed by atoms with Crippen molar-refractivity contribution in [2.75, 3.05) is 0 Å². The van der Waals surface area contributed by atoms with Crippen molar-refractivity contribution in [1.82, 2.24) is 5.32 Å². The molecular weight excluding hydrogens is 401 g/mol. The fourth-order valence-electron chi connectivity index (χ4n) is 1.99. The van der Waals surface area contributed by atoms with Crippen molar-refractivity contribution in [1.29, 1.82) is 0 Å². The van der Waals surface area contributed by atoms with Crippen LogP contribution in [0.4, 0.5) is 4.39 Å². The highest BCUT2D eigenvalue weighted by Crippen LogP contribution is 2.32. The molecule has 0 aliphatic heterocycles. The fraction of sp³-hybridized carbons (Fsp3) is 0.250. The van der Waals surface area contributed by atoms with Crippen LogP contribution < -0.4 is 10.1 Å². The number of benzene rings is 2. The third kappa shape index (κ3) is 4.05. The molecule has 2 nitrogen and oxygen atoms in total. The lowest BCUT2D eigenvalue weighted by atomic mass is 10.2. The SMILES string of the molecule is Fc1ccc(Br)cc1Oc1cc(Br)ccc1CNC1CC1. The number of ether oxygens (including phenoxy) is 1. The summed E-state index contributed by atoms with van der Waals surface area (Å²) < 4.78 is 21.3. The van der Waals surface area contributed by atoms with Crippen LogP contribution in [-0.4, -0.2) is 6.04 Å². The predicted octanol–water partition coefficient (Wildman–Crippen LogP) is 5.40. The van der Waals surface area contributed by atoms with Gasteiger partial charge in [0.15, 0.2) is 11.6 Å². The molecule has 5 heteroatoms. The van der Waals surface area contributed by atoms with Crippen molar-refractivity contribution in [2.24, 2.45) is 0 Å². The molecule has 0 aromatic heterocycles. The maximum absolute atomic E-state index is 13.8. The first-order valence-corrected chi connectivity index (χ1v) is 8.35. The monoisotopic (exact) mass is 413 g/mol. The van der Waals surface area contributed by atoms with Gasteiger partial charge in [0.05, 0.1) is 0 Å². The summed E-state index contributed by atoms with van der Waals surface area (Å²) in [7, 11) is 0. The minimum absolute atomic E-state index is 0.218. The van der Waals surface area contributed by atoms with Crippen molar-refractivity contribution in [3.05, 3.63) is 56.7 Å². The second kappa shape index (κ2) is 6.46. The van der Waals surface area contributed by atoms with E-state index >= 15 is 0 Å². The zero-order valence-electron chi connectivity index (χ0n) is 11.2. The molecule has 0 radical (unpaired) electrons. The van der Waals surface area contributed by atoms with Gasteiger partial charge in [0.25, 0.3) is 0 Å². The van der Waals surface area contributed by atoms with Gasteiger partial charge in [0, 0.05) is 27.1 Å². The highest BCUT2D eigenvalue weighted by Gasteiger charge is 2.21. The lowest BCUT2D eigenvalue weighted by Crippen LogP contribution is -2.15. The maximum atomic E-state index is 13.8. The Morgan fingerprint density at radius 1 is 1.05 bits per heavy atom. The van der Waals surface area contributed by atoms with E-state index in [4.69, 9.17) is 4.74 Å². The average molecular weight is 415 g/mol. The van der Waals surface area contributed by atoms with Crippen LogP contribution in [0.15, 0.2) is 45.3 Å². The fourth-order valence-corrected chi connectivity index (χ4v) is 2.67. The molecule has 0 heterocycles. The van der Waals surface area contributed by atoms with Gasteiger partial charge in [0.1, 0.15) is 5.75 Å². The minimum atomic E-state index is -0.376. The van der Waals surface area contributed by atoms with Gasteiger partial charge in [0.2, 0.25) is 0 Å². The number of hydrogen-bond acceptors (Lipinski definition) is 2. The molecule has 0 bridgehead atoms. The lowest BCUT2D eigenvalue weighted by molar-refractivity contribution is 0.435. The summed E-state index contributed by atoms with van der Waals surface area (Å²) in [5.41, 5.74) is 1.02. The van der Waals surface area contributed by atoms with Crippen LogP contribution in [0.3, 0.4) is 0 Å². The van der Waals surface area contributed by atoms with Gasteiger partial charge in [-0.15, -0.1) is 0 Å². The van der Waals surface area contributed by atoms with Crippen LogP contribution in [0.2, 0.25) is 0 Å². The normalized spacial score (nSPS) is 14.2. The van der Waals surface area contributed by atoms with Gasteiger partial charge in [-0.2, -0.15) is 0 Å². The summed E-state index contributed by atoms with van der Waals surface area (Å²) in [6, 6.07) is 11.1. The highest BCUT2D eigenvalue weighted by molar-refractivity contribution is 9.10. The second-order valence-corrected chi connectivity index (χ2v) is 6.92. The van der Waals surface area contributed by atoms with E-state index in [9.17, 15) is 4.39 Å². The Balaban J connectivity index is 1.85. The first-order valence-electron chi connectivity index (χ1n) is 6.76. The maximum Gasteiger partial charge on any atom is 0.165 e. The summed E-state index contributed by atoms with van der Waals surface area (Å²) in [6.45, 7) is 0.725. The van der Waals surface area contributed by atoms with Crippen molar-refractivity contribution < 1.29 is 9.13 Å². The Bertz CT molecular complexity index is 659.